The first-order valence-electron chi connectivity index (χ1n) is 4.81. The molecule has 2 nitrogen and oxygen atoms in total. The van der Waals surface area contributed by atoms with Crippen LogP contribution in [0.15, 0.2) is 30.3 Å². The molecule has 1 heterocycles. The number of hydrogen-bond donors (Lipinski definition) is 1. The van der Waals surface area contributed by atoms with Crippen molar-refractivity contribution in [2.45, 2.75) is 25.3 Å². The van der Waals surface area contributed by atoms with Crippen LogP contribution in [0.5, 0.6) is 0 Å². The Morgan fingerprint density at radius 1 is 1.31 bits per heavy atom. The number of rotatable bonds is 1. The molecule has 70 valence electrons. The third kappa shape index (κ3) is 1.36. The molecule has 0 aliphatic carbocycles. The van der Waals surface area contributed by atoms with Gasteiger partial charge in [0.15, 0.2) is 0 Å². The van der Waals surface area contributed by atoms with E-state index < -0.39 is 0 Å². The molecule has 0 aromatic heterocycles. The predicted octanol–water partition coefficient (Wildman–Crippen LogP) is 1.87. The van der Waals surface area contributed by atoms with Gasteiger partial charge in [0.05, 0.1) is 5.54 Å². The maximum atomic E-state index is 5.98. The second-order valence-corrected chi connectivity index (χ2v) is 3.94. The van der Waals surface area contributed by atoms with E-state index in [1.807, 2.05) is 11.1 Å². The Balaban J connectivity index is 2.34. The van der Waals surface area contributed by atoms with Gasteiger partial charge < -0.3 is 0 Å². The minimum absolute atomic E-state index is 0.0568. The summed E-state index contributed by atoms with van der Waals surface area (Å²) < 4.78 is 0. The van der Waals surface area contributed by atoms with Crippen molar-refractivity contribution >= 4 is 0 Å². The third-order valence-corrected chi connectivity index (χ3v) is 3.09. The zero-order chi connectivity index (χ0) is 9.31. The van der Waals surface area contributed by atoms with E-state index in [2.05, 4.69) is 31.2 Å². The number of benzene rings is 1. The lowest BCUT2D eigenvalue weighted by Crippen LogP contribution is -2.43. The Bertz CT molecular complexity index is 283. The molecule has 1 unspecified atom stereocenters. The normalized spacial score (nSPS) is 29.4. The largest absolute Gasteiger partial charge is 0.268 e. The molecule has 0 bridgehead atoms. The maximum absolute atomic E-state index is 5.98. The van der Waals surface area contributed by atoms with Crippen LogP contribution < -0.4 is 5.84 Å². The summed E-state index contributed by atoms with van der Waals surface area (Å²) in [5.41, 5.74) is 1.39. The summed E-state index contributed by atoms with van der Waals surface area (Å²) in [7, 11) is 0. The Morgan fingerprint density at radius 2 is 2.00 bits per heavy atom. The van der Waals surface area contributed by atoms with Gasteiger partial charge in [-0.1, -0.05) is 30.3 Å². The molecular formula is C11H16N2. The van der Waals surface area contributed by atoms with Crippen molar-refractivity contribution in [1.29, 1.82) is 0 Å². The number of hydrogen-bond acceptors (Lipinski definition) is 2. The molecule has 0 amide bonds. The van der Waals surface area contributed by atoms with Crippen molar-refractivity contribution in [1.82, 2.24) is 5.01 Å². The van der Waals surface area contributed by atoms with Gasteiger partial charge in [-0.25, -0.2) is 5.01 Å². The van der Waals surface area contributed by atoms with Crippen LogP contribution in [0.1, 0.15) is 25.3 Å². The van der Waals surface area contributed by atoms with Gasteiger partial charge in [0.2, 0.25) is 0 Å². The maximum Gasteiger partial charge on any atom is 0.0572 e. The molecule has 1 aliphatic rings. The van der Waals surface area contributed by atoms with Crippen molar-refractivity contribution in [3.8, 4) is 0 Å². The van der Waals surface area contributed by atoms with E-state index in [4.69, 9.17) is 5.84 Å². The first-order chi connectivity index (χ1) is 6.23. The Hall–Kier alpha value is -0.860. The Morgan fingerprint density at radius 3 is 2.54 bits per heavy atom. The van der Waals surface area contributed by atoms with Gasteiger partial charge in [-0.15, -0.1) is 0 Å². The van der Waals surface area contributed by atoms with Gasteiger partial charge in [-0.2, -0.15) is 0 Å². The SMILES string of the molecule is CC1(c2ccccc2)CCCN1N. The molecule has 0 radical (unpaired) electrons. The molecule has 1 saturated heterocycles. The minimum Gasteiger partial charge on any atom is -0.268 e. The number of hydrazine groups is 1. The summed E-state index contributed by atoms with van der Waals surface area (Å²) in [6, 6.07) is 10.5. The van der Waals surface area contributed by atoms with Crippen LogP contribution in [0, 0.1) is 0 Å². The van der Waals surface area contributed by atoms with Crippen molar-refractivity contribution in [3.63, 3.8) is 0 Å². The molecule has 0 spiro atoms. The van der Waals surface area contributed by atoms with E-state index in [9.17, 15) is 0 Å². The molecule has 13 heavy (non-hydrogen) atoms. The molecule has 1 aliphatic heterocycles. The molecule has 1 aromatic rings. The highest BCUT2D eigenvalue weighted by Crippen LogP contribution is 2.35. The van der Waals surface area contributed by atoms with Gasteiger partial charge >= 0.3 is 0 Å². The number of nitrogens with two attached hydrogens (primary N) is 1. The lowest BCUT2D eigenvalue weighted by Gasteiger charge is -2.32. The van der Waals surface area contributed by atoms with Gasteiger partial charge in [0.1, 0.15) is 0 Å². The van der Waals surface area contributed by atoms with E-state index >= 15 is 0 Å². The first-order valence-corrected chi connectivity index (χ1v) is 4.81. The summed E-state index contributed by atoms with van der Waals surface area (Å²) in [6.45, 7) is 3.22. The van der Waals surface area contributed by atoms with Gasteiger partial charge in [-0.05, 0) is 25.3 Å². The fourth-order valence-electron chi connectivity index (χ4n) is 2.09. The van der Waals surface area contributed by atoms with E-state index in [-0.39, 0.29) is 5.54 Å². The molecule has 1 fully saturated rings. The lowest BCUT2D eigenvalue weighted by molar-refractivity contribution is 0.159. The van der Waals surface area contributed by atoms with Crippen LogP contribution in [-0.2, 0) is 5.54 Å². The van der Waals surface area contributed by atoms with Crippen LogP contribution in [0.4, 0.5) is 0 Å². The third-order valence-electron chi connectivity index (χ3n) is 3.09. The van der Waals surface area contributed by atoms with Crippen LogP contribution in [0.3, 0.4) is 0 Å². The average molecular weight is 176 g/mol. The molecule has 1 atom stereocenters. The topological polar surface area (TPSA) is 29.3 Å². The smallest absolute Gasteiger partial charge is 0.0572 e. The fraction of sp³-hybridized carbons (Fsp3) is 0.455. The monoisotopic (exact) mass is 176 g/mol. The van der Waals surface area contributed by atoms with Crippen molar-refractivity contribution < 1.29 is 0 Å². The fourth-order valence-corrected chi connectivity index (χ4v) is 2.09. The standard InChI is InChI=1S/C11H16N2/c1-11(8-5-9-13(11)12)10-6-3-2-4-7-10/h2-4,6-7H,5,8-9,12H2,1H3. The zero-order valence-electron chi connectivity index (χ0n) is 8.03. The molecule has 2 N–H and O–H groups in total. The van der Waals surface area contributed by atoms with Crippen molar-refractivity contribution in [2.75, 3.05) is 6.54 Å². The second-order valence-electron chi connectivity index (χ2n) is 3.94. The molecule has 0 saturated carbocycles. The zero-order valence-corrected chi connectivity index (χ0v) is 8.03. The summed E-state index contributed by atoms with van der Waals surface area (Å²) in [5.74, 6) is 5.98. The predicted molar refractivity (Wildman–Crippen MR) is 53.9 cm³/mol. The summed E-state index contributed by atoms with van der Waals surface area (Å²) in [5, 5.41) is 1.96. The quantitative estimate of drug-likeness (QED) is 0.662. The highest BCUT2D eigenvalue weighted by Gasteiger charge is 2.35. The summed E-state index contributed by atoms with van der Waals surface area (Å²) >= 11 is 0. The Labute approximate surface area is 79.3 Å². The molecule has 2 rings (SSSR count). The lowest BCUT2D eigenvalue weighted by atomic mass is 9.90. The Kier molecular flexibility index (Phi) is 2.10. The van der Waals surface area contributed by atoms with Crippen LogP contribution in [0.25, 0.3) is 0 Å². The van der Waals surface area contributed by atoms with Crippen LogP contribution in [-0.4, -0.2) is 11.6 Å². The highest BCUT2D eigenvalue weighted by molar-refractivity contribution is 5.24. The molecule has 2 heteroatoms. The van der Waals surface area contributed by atoms with E-state index in [1.54, 1.807) is 0 Å². The van der Waals surface area contributed by atoms with Gasteiger partial charge in [0.25, 0.3) is 0 Å². The minimum atomic E-state index is 0.0568. The van der Waals surface area contributed by atoms with Gasteiger partial charge in [-0.3, -0.25) is 5.84 Å². The second kappa shape index (κ2) is 3.13. The van der Waals surface area contributed by atoms with E-state index in [0.29, 0.717) is 0 Å². The van der Waals surface area contributed by atoms with Gasteiger partial charge in [0, 0.05) is 6.54 Å². The highest BCUT2D eigenvalue weighted by atomic mass is 15.4. The average Bonchev–Trinajstić information content (AvgIpc) is 2.50. The molecular weight excluding hydrogens is 160 g/mol. The van der Waals surface area contributed by atoms with Crippen LogP contribution >= 0.6 is 0 Å². The van der Waals surface area contributed by atoms with Crippen molar-refractivity contribution in [2.24, 2.45) is 5.84 Å². The summed E-state index contributed by atoms with van der Waals surface area (Å²) in [4.78, 5) is 0. The van der Waals surface area contributed by atoms with Crippen LogP contribution in [0.2, 0.25) is 0 Å². The number of nitrogens with zero attached hydrogens (tertiary/aromatic N) is 1. The first kappa shape index (κ1) is 8.73. The van der Waals surface area contributed by atoms with E-state index in [1.165, 1.54) is 12.0 Å². The van der Waals surface area contributed by atoms with Crippen molar-refractivity contribution in [3.05, 3.63) is 35.9 Å². The van der Waals surface area contributed by atoms with E-state index in [0.717, 1.165) is 13.0 Å². The summed E-state index contributed by atoms with van der Waals surface area (Å²) in [6.07, 6.45) is 2.36. The molecule has 1 aromatic carbocycles.